The quantitative estimate of drug-likeness (QED) is 0.745. The number of aryl methyl sites for hydroxylation is 1. The summed E-state index contributed by atoms with van der Waals surface area (Å²) in [6.07, 6.45) is 0.582. The predicted molar refractivity (Wildman–Crippen MR) is 97.0 cm³/mol. The third-order valence-electron chi connectivity index (χ3n) is 3.85. The van der Waals surface area contributed by atoms with Crippen LogP contribution in [0.15, 0.2) is 42.5 Å². The molecule has 26 heavy (non-hydrogen) atoms. The minimum atomic E-state index is -0.893. The van der Waals surface area contributed by atoms with E-state index >= 15 is 0 Å². The lowest BCUT2D eigenvalue weighted by atomic mass is 10.1. The molecule has 0 radical (unpaired) electrons. The molecule has 0 saturated carbocycles. The molecule has 4 nitrogen and oxygen atoms in total. The van der Waals surface area contributed by atoms with Crippen molar-refractivity contribution >= 4 is 5.91 Å². The molecular formula is C20H24F2N2O2. The fourth-order valence-corrected chi connectivity index (χ4v) is 2.29. The number of carbonyl (C=O) groups excluding carboxylic acids is 1. The van der Waals surface area contributed by atoms with Crippen LogP contribution >= 0.6 is 0 Å². The average molecular weight is 362 g/mol. The van der Waals surface area contributed by atoms with E-state index < -0.39 is 11.6 Å². The van der Waals surface area contributed by atoms with Gasteiger partial charge in [0.2, 0.25) is 5.91 Å². The Bertz CT molecular complexity index is 718. The molecule has 0 aliphatic rings. The fraction of sp³-hybridized carbons (Fsp3) is 0.350. The summed E-state index contributed by atoms with van der Waals surface area (Å²) >= 11 is 0. The van der Waals surface area contributed by atoms with E-state index in [0.717, 1.165) is 30.0 Å². The number of nitrogens with one attached hydrogen (secondary N) is 1. The normalized spacial score (nSPS) is 10.8. The zero-order valence-electron chi connectivity index (χ0n) is 15.1. The second kappa shape index (κ2) is 9.87. The van der Waals surface area contributed by atoms with Crippen molar-refractivity contribution < 1.29 is 18.3 Å². The molecule has 1 N–H and O–H groups in total. The van der Waals surface area contributed by atoms with E-state index in [-0.39, 0.29) is 12.3 Å². The van der Waals surface area contributed by atoms with Gasteiger partial charge in [-0.1, -0.05) is 18.2 Å². The van der Waals surface area contributed by atoms with Gasteiger partial charge in [0, 0.05) is 19.5 Å². The number of benzene rings is 2. The first kappa shape index (κ1) is 19.8. The molecule has 2 aromatic rings. The van der Waals surface area contributed by atoms with Crippen LogP contribution in [-0.2, 0) is 17.8 Å². The van der Waals surface area contributed by atoms with E-state index in [1.54, 1.807) is 0 Å². The number of ether oxygens (including phenoxy) is 1. The number of rotatable bonds is 9. The minimum absolute atomic E-state index is 0.138. The Morgan fingerprint density at radius 3 is 2.38 bits per heavy atom. The van der Waals surface area contributed by atoms with Gasteiger partial charge in [0.15, 0.2) is 11.6 Å². The first-order chi connectivity index (χ1) is 12.4. The van der Waals surface area contributed by atoms with Crippen LogP contribution < -0.4 is 10.1 Å². The molecule has 0 unspecified atom stereocenters. The topological polar surface area (TPSA) is 41.6 Å². The maximum Gasteiger partial charge on any atom is 0.220 e. The van der Waals surface area contributed by atoms with Gasteiger partial charge in [0.05, 0.1) is 0 Å². The summed E-state index contributed by atoms with van der Waals surface area (Å²) in [7, 11) is 3.98. The molecule has 0 aliphatic heterocycles. The second-order valence-corrected chi connectivity index (χ2v) is 6.32. The van der Waals surface area contributed by atoms with Crippen molar-refractivity contribution in [3.63, 3.8) is 0 Å². The molecule has 0 saturated heterocycles. The van der Waals surface area contributed by atoms with Crippen LogP contribution in [-0.4, -0.2) is 38.1 Å². The Kier molecular flexibility index (Phi) is 7.53. The molecule has 0 fully saturated rings. The molecule has 1 amide bonds. The van der Waals surface area contributed by atoms with E-state index in [2.05, 4.69) is 5.32 Å². The van der Waals surface area contributed by atoms with Crippen molar-refractivity contribution in [2.24, 2.45) is 0 Å². The minimum Gasteiger partial charge on any atom is -0.492 e. The highest BCUT2D eigenvalue weighted by Gasteiger charge is 2.06. The number of hydrogen-bond acceptors (Lipinski definition) is 3. The van der Waals surface area contributed by atoms with Crippen LogP contribution in [0.3, 0.4) is 0 Å². The Morgan fingerprint density at radius 1 is 1.04 bits per heavy atom. The second-order valence-electron chi connectivity index (χ2n) is 6.32. The van der Waals surface area contributed by atoms with Crippen molar-refractivity contribution in [2.45, 2.75) is 19.4 Å². The number of halogens is 2. The van der Waals surface area contributed by atoms with Crippen LogP contribution in [0, 0.1) is 11.6 Å². The molecule has 6 heteroatoms. The van der Waals surface area contributed by atoms with Gasteiger partial charge in [-0.25, -0.2) is 8.78 Å². The van der Waals surface area contributed by atoms with Crippen LogP contribution in [0.25, 0.3) is 0 Å². The van der Waals surface area contributed by atoms with Gasteiger partial charge >= 0.3 is 0 Å². The summed E-state index contributed by atoms with van der Waals surface area (Å²) in [6, 6.07) is 11.2. The third-order valence-corrected chi connectivity index (χ3v) is 3.85. The molecule has 2 aromatic carbocycles. The number of amides is 1. The van der Waals surface area contributed by atoms with Crippen molar-refractivity contribution in [3.05, 3.63) is 65.2 Å². The van der Waals surface area contributed by atoms with Gasteiger partial charge in [-0.3, -0.25) is 4.79 Å². The van der Waals surface area contributed by atoms with Gasteiger partial charge in [-0.15, -0.1) is 0 Å². The summed E-state index contributed by atoms with van der Waals surface area (Å²) in [5, 5.41) is 2.82. The highest BCUT2D eigenvalue weighted by atomic mass is 19.2. The first-order valence-electron chi connectivity index (χ1n) is 8.51. The van der Waals surface area contributed by atoms with E-state index in [1.807, 2.05) is 43.3 Å². The van der Waals surface area contributed by atoms with Crippen LogP contribution in [0.4, 0.5) is 8.78 Å². The highest BCUT2D eigenvalue weighted by molar-refractivity contribution is 5.76. The number of likely N-dealkylation sites (N-methyl/N-ethyl adjacent to an activating group) is 1. The Balaban J connectivity index is 1.72. The summed E-state index contributed by atoms with van der Waals surface area (Å²) in [6.45, 7) is 1.87. The van der Waals surface area contributed by atoms with Crippen LogP contribution in [0.2, 0.25) is 0 Å². The molecule has 0 atom stereocenters. The van der Waals surface area contributed by atoms with Crippen molar-refractivity contribution in [2.75, 3.05) is 27.2 Å². The first-order valence-corrected chi connectivity index (χ1v) is 8.51. The lowest BCUT2D eigenvalue weighted by molar-refractivity contribution is -0.121. The lowest BCUT2D eigenvalue weighted by Gasteiger charge is -2.11. The summed E-state index contributed by atoms with van der Waals surface area (Å²) < 4.78 is 31.6. The third kappa shape index (κ3) is 6.80. The monoisotopic (exact) mass is 362 g/mol. The molecule has 0 aliphatic carbocycles. The van der Waals surface area contributed by atoms with E-state index in [1.165, 1.54) is 6.07 Å². The largest absolute Gasteiger partial charge is 0.492 e. The molecular weight excluding hydrogens is 338 g/mol. The van der Waals surface area contributed by atoms with E-state index in [9.17, 15) is 13.6 Å². The molecule has 0 aromatic heterocycles. The number of nitrogens with zero attached hydrogens (tertiary/aromatic N) is 1. The van der Waals surface area contributed by atoms with Crippen molar-refractivity contribution in [1.29, 1.82) is 0 Å². The van der Waals surface area contributed by atoms with Crippen molar-refractivity contribution in [3.8, 4) is 5.75 Å². The highest BCUT2D eigenvalue weighted by Crippen LogP contribution is 2.13. The summed E-state index contributed by atoms with van der Waals surface area (Å²) in [4.78, 5) is 14.0. The lowest BCUT2D eigenvalue weighted by Crippen LogP contribution is -2.23. The molecule has 0 spiro atoms. The smallest absolute Gasteiger partial charge is 0.220 e. The number of carbonyl (C=O) groups is 1. The molecule has 0 heterocycles. The zero-order chi connectivity index (χ0) is 18.9. The van der Waals surface area contributed by atoms with E-state index in [0.29, 0.717) is 25.1 Å². The Labute approximate surface area is 152 Å². The number of hydrogen-bond donors (Lipinski definition) is 1. The van der Waals surface area contributed by atoms with Gasteiger partial charge in [0.1, 0.15) is 12.4 Å². The molecule has 140 valence electrons. The Hall–Kier alpha value is -2.47. The van der Waals surface area contributed by atoms with Gasteiger partial charge in [-0.2, -0.15) is 0 Å². The van der Waals surface area contributed by atoms with Crippen LogP contribution in [0.1, 0.15) is 17.5 Å². The zero-order valence-corrected chi connectivity index (χ0v) is 15.1. The molecule has 0 bridgehead atoms. The maximum atomic E-state index is 13.1. The Morgan fingerprint density at radius 2 is 1.73 bits per heavy atom. The van der Waals surface area contributed by atoms with E-state index in [4.69, 9.17) is 4.74 Å². The van der Waals surface area contributed by atoms with Crippen LogP contribution in [0.5, 0.6) is 5.75 Å². The predicted octanol–water partition coefficient (Wildman–Crippen LogP) is 3.15. The SMILES string of the molecule is CN(C)CCOc1ccc(CNC(=O)CCc2ccc(F)c(F)c2)cc1. The standard InChI is InChI=1S/C20H24F2N2O2/c1-24(2)11-12-26-17-7-3-16(4-8-17)14-23-20(25)10-6-15-5-9-18(21)19(22)13-15/h3-5,7-9,13H,6,10-12,14H2,1-2H3,(H,23,25). The molecule has 2 rings (SSSR count). The van der Waals surface area contributed by atoms with Gasteiger partial charge in [0.25, 0.3) is 0 Å². The summed E-state index contributed by atoms with van der Waals surface area (Å²) in [5.41, 5.74) is 1.56. The van der Waals surface area contributed by atoms with Crippen molar-refractivity contribution in [1.82, 2.24) is 10.2 Å². The van der Waals surface area contributed by atoms with Gasteiger partial charge in [-0.05, 0) is 55.9 Å². The summed E-state index contributed by atoms with van der Waals surface area (Å²) in [5.74, 6) is -1.12. The fourth-order valence-electron chi connectivity index (χ4n) is 2.29. The maximum absolute atomic E-state index is 13.1. The van der Waals surface area contributed by atoms with Gasteiger partial charge < -0.3 is 15.0 Å². The average Bonchev–Trinajstić information content (AvgIpc) is 2.62.